The summed E-state index contributed by atoms with van der Waals surface area (Å²) in [5, 5.41) is 3.38. The molecule has 0 aliphatic carbocycles. The second-order valence-corrected chi connectivity index (χ2v) is 6.11. The summed E-state index contributed by atoms with van der Waals surface area (Å²) in [4.78, 5) is 0. The van der Waals surface area contributed by atoms with Crippen LogP contribution in [0.15, 0.2) is 34.8 Å². The fourth-order valence-electron chi connectivity index (χ4n) is 1.44. The molecular formula is C12H8BrClFIN2. The van der Waals surface area contributed by atoms with Crippen molar-refractivity contribution in [3.8, 4) is 0 Å². The second-order valence-electron chi connectivity index (χ2n) is 3.60. The van der Waals surface area contributed by atoms with E-state index >= 15 is 0 Å². The lowest BCUT2D eigenvalue weighted by Gasteiger charge is -2.13. The molecule has 0 heterocycles. The van der Waals surface area contributed by atoms with Crippen molar-refractivity contribution in [3.05, 3.63) is 49.2 Å². The molecule has 0 saturated heterocycles. The zero-order chi connectivity index (χ0) is 13.3. The molecule has 6 heteroatoms. The number of rotatable bonds is 2. The van der Waals surface area contributed by atoms with Crippen LogP contribution in [0.5, 0.6) is 0 Å². The van der Waals surface area contributed by atoms with Crippen LogP contribution in [0.4, 0.5) is 21.5 Å². The third-order valence-corrected chi connectivity index (χ3v) is 3.87. The summed E-state index contributed by atoms with van der Waals surface area (Å²) in [6.07, 6.45) is 0. The predicted octanol–water partition coefficient (Wildman–Crippen LogP) is 5.17. The van der Waals surface area contributed by atoms with Gasteiger partial charge in [-0.2, -0.15) is 0 Å². The zero-order valence-electron chi connectivity index (χ0n) is 8.98. The molecule has 2 nitrogen and oxygen atoms in total. The van der Waals surface area contributed by atoms with E-state index in [4.69, 9.17) is 17.3 Å². The van der Waals surface area contributed by atoms with Crippen LogP contribution in [0.2, 0.25) is 5.02 Å². The second kappa shape index (κ2) is 5.63. The van der Waals surface area contributed by atoms with Gasteiger partial charge in [-0.15, -0.1) is 0 Å². The fourth-order valence-corrected chi connectivity index (χ4v) is 2.86. The van der Waals surface area contributed by atoms with Crippen LogP contribution < -0.4 is 11.1 Å². The van der Waals surface area contributed by atoms with Gasteiger partial charge >= 0.3 is 0 Å². The van der Waals surface area contributed by atoms with Gasteiger partial charge in [-0.3, -0.25) is 0 Å². The Kier molecular flexibility index (Phi) is 4.34. The molecule has 0 aromatic heterocycles. The molecule has 18 heavy (non-hydrogen) atoms. The van der Waals surface area contributed by atoms with E-state index in [0.717, 1.165) is 9.26 Å². The Morgan fingerprint density at radius 1 is 1.28 bits per heavy atom. The smallest absolute Gasteiger partial charge is 0.125 e. The Bertz CT molecular complexity index is 584. The SMILES string of the molecule is Nc1cc(I)ccc1Nc1c(Cl)cc(F)cc1Br. The Labute approximate surface area is 131 Å². The molecule has 0 fully saturated rings. The van der Waals surface area contributed by atoms with Crippen LogP contribution in [0.1, 0.15) is 0 Å². The normalized spacial score (nSPS) is 10.4. The van der Waals surface area contributed by atoms with Crippen LogP contribution >= 0.6 is 50.1 Å². The van der Waals surface area contributed by atoms with E-state index in [1.165, 1.54) is 12.1 Å². The Morgan fingerprint density at radius 3 is 2.61 bits per heavy atom. The molecule has 0 saturated carbocycles. The van der Waals surface area contributed by atoms with Crippen LogP contribution in [-0.4, -0.2) is 0 Å². The summed E-state index contributed by atoms with van der Waals surface area (Å²) in [5.41, 5.74) is 7.82. The highest BCUT2D eigenvalue weighted by Gasteiger charge is 2.09. The molecule has 0 aliphatic rings. The van der Waals surface area contributed by atoms with Crippen molar-refractivity contribution in [2.45, 2.75) is 0 Å². The molecule has 0 aliphatic heterocycles. The minimum Gasteiger partial charge on any atom is -0.397 e. The number of benzene rings is 2. The summed E-state index contributed by atoms with van der Waals surface area (Å²) < 4.78 is 14.7. The van der Waals surface area contributed by atoms with E-state index < -0.39 is 5.82 Å². The van der Waals surface area contributed by atoms with E-state index in [1.807, 2.05) is 18.2 Å². The van der Waals surface area contributed by atoms with Gasteiger partial charge in [-0.05, 0) is 68.9 Å². The van der Waals surface area contributed by atoms with Crippen molar-refractivity contribution in [1.82, 2.24) is 0 Å². The quantitative estimate of drug-likeness (QED) is 0.498. The maximum Gasteiger partial charge on any atom is 0.125 e. The lowest BCUT2D eigenvalue weighted by molar-refractivity contribution is 0.627. The highest BCUT2D eigenvalue weighted by molar-refractivity contribution is 14.1. The molecule has 2 aromatic rings. The monoisotopic (exact) mass is 440 g/mol. The van der Waals surface area contributed by atoms with E-state index in [1.54, 1.807) is 0 Å². The van der Waals surface area contributed by atoms with Gasteiger partial charge < -0.3 is 11.1 Å². The first-order valence-corrected chi connectivity index (χ1v) is 7.19. The van der Waals surface area contributed by atoms with Gasteiger partial charge in [-0.25, -0.2) is 4.39 Å². The summed E-state index contributed by atoms with van der Waals surface area (Å²) in [6.45, 7) is 0. The maximum atomic E-state index is 13.1. The number of hydrogen-bond donors (Lipinski definition) is 2. The van der Waals surface area contributed by atoms with Crippen LogP contribution in [0.3, 0.4) is 0 Å². The number of nitrogen functional groups attached to an aromatic ring is 1. The lowest BCUT2D eigenvalue weighted by atomic mass is 10.2. The average molecular weight is 441 g/mol. The molecule has 0 spiro atoms. The van der Waals surface area contributed by atoms with E-state index in [-0.39, 0.29) is 0 Å². The Hall–Kier alpha value is -0.530. The predicted molar refractivity (Wildman–Crippen MR) is 86.0 cm³/mol. The minimum atomic E-state index is -0.395. The highest BCUT2D eigenvalue weighted by atomic mass is 127. The third-order valence-electron chi connectivity index (χ3n) is 2.28. The van der Waals surface area contributed by atoms with Crippen LogP contribution in [-0.2, 0) is 0 Å². The third kappa shape index (κ3) is 3.07. The number of hydrogen-bond acceptors (Lipinski definition) is 2. The molecule has 94 valence electrons. The molecule has 2 rings (SSSR count). The van der Waals surface area contributed by atoms with Gasteiger partial charge in [0.1, 0.15) is 5.82 Å². The summed E-state index contributed by atoms with van der Waals surface area (Å²) >= 11 is 11.4. The maximum absolute atomic E-state index is 13.1. The van der Waals surface area contributed by atoms with E-state index in [0.29, 0.717) is 20.9 Å². The van der Waals surface area contributed by atoms with Gasteiger partial charge in [0.25, 0.3) is 0 Å². The summed E-state index contributed by atoms with van der Waals surface area (Å²) in [5.74, 6) is -0.395. The summed E-state index contributed by atoms with van der Waals surface area (Å²) in [6, 6.07) is 8.21. The first-order chi connectivity index (χ1) is 8.47. The minimum absolute atomic E-state index is 0.292. The Morgan fingerprint density at radius 2 is 2.00 bits per heavy atom. The molecule has 0 bridgehead atoms. The average Bonchev–Trinajstić information content (AvgIpc) is 2.25. The first kappa shape index (κ1) is 13.9. The van der Waals surface area contributed by atoms with Crippen molar-refractivity contribution in [1.29, 1.82) is 0 Å². The highest BCUT2D eigenvalue weighted by Crippen LogP contribution is 2.35. The van der Waals surface area contributed by atoms with E-state index in [9.17, 15) is 4.39 Å². The van der Waals surface area contributed by atoms with Crippen molar-refractivity contribution >= 4 is 67.2 Å². The number of anilines is 3. The van der Waals surface area contributed by atoms with Crippen LogP contribution in [0, 0.1) is 9.39 Å². The van der Waals surface area contributed by atoms with Crippen molar-refractivity contribution in [2.75, 3.05) is 11.1 Å². The summed E-state index contributed by atoms with van der Waals surface area (Å²) in [7, 11) is 0. The molecule has 2 aromatic carbocycles. The molecule has 0 amide bonds. The van der Waals surface area contributed by atoms with Crippen molar-refractivity contribution in [3.63, 3.8) is 0 Å². The standard InChI is InChI=1S/C12H8BrClFIN2/c13-8-3-6(15)4-9(14)12(8)18-11-2-1-7(16)5-10(11)17/h1-5,18H,17H2. The molecule has 0 atom stereocenters. The van der Waals surface area contributed by atoms with E-state index in [2.05, 4.69) is 43.8 Å². The van der Waals surface area contributed by atoms with Gasteiger partial charge in [-0.1, -0.05) is 11.6 Å². The number of nitrogens with one attached hydrogen (secondary N) is 1. The fraction of sp³-hybridized carbons (Fsp3) is 0. The zero-order valence-corrected chi connectivity index (χ0v) is 13.5. The largest absolute Gasteiger partial charge is 0.397 e. The van der Waals surface area contributed by atoms with Crippen molar-refractivity contribution < 1.29 is 4.39 Å². The van der Waals surface area contributed by atoms with Crippen LogP contribution in [0.25, 0.3) is 0 Å². The van der Waals surface area contributed by atoms with Gasteiger partial charge in [0.05, 0.1) is 22.1 Å². The Balaban J connectivity index is 2.40. The molecule has 0 radical (unpaired) electrons. The number of halogens is 4. The van der Waals surface area contributed by atoms with Gasteiger partial charge in [0.15, 0.2) is 0 Å². The number of nitrogens with two attached hydrogens (primary N) is 1. The lowest BCUT2D eigenvalue weighted by Crippen LogP contribution is -1.98. The molecule has 0 unspecified atom stereocenters. The van der Waals surface area contributed by atoms with Gasteiger partial charge in [0.2, 0.25) is 0 Å². The topological polar surface area (TPSA) is 38.0 Å². The van der Waals surface area contributed by atoms with Gasteiger partial charge in [0, 0.05) is 8.04 Å². The molecule has 3 N–H and O–H groups in total. The first-order valence-electron chi connectivity index (χ1n) is 4.94. The van der Waals surface area contributed by atoms with Crippen molar-refractivity contribution in [2.24, 2.45) is 0 Å². The molecular weight excluding hydrogens is 433 g/mol.